The van der Waals surface area contributed by atoms with Crippen molar-refractivity contribution in [3.63, 3.8) is 0 Å². The molecule has 2 rings (SSSR count). The van der Waals surface area contributed by atoms with Gasteiger partial charge in [-0.25, -0.2) is 0 Å². The van der Waals surface area contributed by atoms with Crippen molar-refractivity contribution in [3.8, 4) is 0 Å². The molecule has 21 heavy (non-hydrogen) atoms. The van der Waals surface area contributed by atoms with Gasteiger partial charge in [0, 0.05) is 11.8 Å². The molecule has 2 aliphatic rings. The van der Waals surface area contributed by atoms with Crippen molar-refractivity contribution in [1.82, 2.24) is 0 Å². The molecule has 2 aliphatic carbocycles. The lowest BCUT2D eigenvalue weighted by atomic mass is 9.46. The van der Waals surface area contributed by atoms with Crippen LogP contribution in [0.5, 0.6) is 0 Å². The van der Waals surface area contributed by atoms with E-state index in [9.17, 15) is 15.0 Å². The van der Waals surface area contributed by atoms with Crippen LogP contribution in [0.15, 0.2) is 12.2 Å². The second-order valence-electron chi connectivity index (χ2n) is 7.46. The van der Waals surface area contributed by atoms with Crippen molar-refractivity contribution in [1.29, 1.82) is 0 Å². The van der Waals surface area contributed by atoms with Crippen molar-refractivity contribution in [2.75, 3.05) is 6.61 Å². The van der Waals surface area contributed by atoms with Crippen LogP contribution < -0.4 is 0 Å². The van der Waals surface area contributed by atoms with Gasteiger partial charge in [-0.1, -0.05) is 26.0 Å². The van der Waals surface area contributed by atoms with Gasteiger partial charge in [0.1, 0.15) is 0 Å². The molecule has 3 N–H and O–H groups in total. The summed E-state index contributed by atoms with van der Waals surface area (Å²) in [6.45, 7) is 8.34. The molecule has 0 spiro atoms. The van der Waals surface area contributed by atoms with E-state index in [1.807, 2.05) is 6.92 Å². The van der Waals surface area contributed by atoms with Crippen LogP contribution in [0.25, 0.3) is 0 Å². The quantitative estimate of drug-likeness (QED) is 0.697. The summed E-state index contributed by atoms with van der Waals surface area (Å²) in [5.41, 5.74) is 0.586. The Morgan fingerprint density at radius 1 is 1.38 bits per heavy atom. The molecule has 120 valence electrons. The average molecular weight is 296 g/mol. The van der Waals surface area contributed by atoms with E-state index >= 15 is 0 Å². The Kier molecular flexibility index (Phi) is 4.50. The monoisotopic (exact) mass is 296 g/mol. The molecule has 0 aromatic carbocycles. The molecule has 0 unspecified atom stereocenters. The van der Waals surface area contributed by atoms with Crippen LogP contribution in [0, 0.1) is 22.7 Å². The lowest BCUT2D eigenvalue weighted by molar-refractivity contribution is -0.154. The molecule has 5 atom stereocenters. The Morgan fingerprint density at radius 3 is 2.62 bits per heavy atom. The number of fused-ring (bicyclic) bond motifs is 1. The first kappa shape index (κ1) is 16.5. The fourth-order valence-corrected chi connectivity index (χ4v) is 5.00. The first-order valence-corrected chi connectivity index (χ1v) is 7.94. The number of carboxylic acids is 1. The summed E-state index contributed by atoms with van der Waals surface area (Å²) >= 11 is 0. The predicted molar refractivity (Wildman–Crippen MR) is 80.8 cm³/mol. The molecule has 2 fully saturated rings. The molecule has 4 nitrogen and oxygen atoms in total. The molecule has 2 saturated carbocycles. The number of carbonyl (C=O) groups is 1. The maximum atomic E-state index is 10.9. The van der Waals surface area contributed by atoms with E-state index in [1.54, 1.807) is 0 Å². The van der Waals surface area contributed by atoms with Crippen molar-refractivity contribution in [2.24, 2.45) is 22.7 Å². The maximum absolute atomic E-state index is 10.9. The Bertz CT molecular complexity index is 433. The second-order valence-corrected chi connectivity index (χ2v) is 7.46. The molecular weight excluding hydrogens is 268 g/mol. The van der Waals surface area contributed by atoms with Crippen LogP contribution >= 0.6 is 0 Å². The lowest BCUT2D eigenvalue weighted by Gasteiger charge is -2.60. The summed E-state index contributed by atoms with van der Waals surface area (Å²) in [5.74, 6) is -0.386. The Morgan fingerprint density at radius 2 is 2.05 bits per heavy atom. The Hall–Kier alpha value is -0.870. The minimum atomic E-state index is -0.769. The molecule has 4 heteroatoms. The van der Waals surface area contributed by atoms with E-state index in [4.69, 9.17) is 5.11 Å². The zero-order valence-electron chi connectivity index (χ0n) is 13.1. The summed E-state index contributed by atoms with van der Waals surface area (Å²) < 4.78 is 0. The van der Waals surface area contributed by atoms with Gasteiger partial charge in [0.25, 0.3) is 0 Å². The van der Waals surface area contributed by atoms with Gasteiger partial charge in [0.05, 0.1) is 12.7 Å². The van der Waals surface area contributed by atoms with Crippen LogP contribution in [0.4, 0.5) is 0 Å². The zero-order valence-corrected chi connectivity index (χ0v) is 13.1. The highest BCUT2D eigenvalue weighted by Gasteiger charge is 2.57. The number of carboxylic acid groups (broad SMARTS) is 1. The first-order chi connectivity index (χ1) is 9.75. The molecular formula is C17H28O4. The first-order valence-electron chi connectivity index (χ1n) is 7.94. The van der Waals surface area contributed by atoms with E-state index in [1.165, 1.54) is 0 Å². The summed E-state index contributed by atoms with van der Waals surface area (Å²) in [4.78, 5) is 10.9. The second kappa shape index (κ2) is 5.73. The summed E-state index contributed by atoms with van der Waals surface area (Å²) in [7, 11) is 0. The highest BCUT2D eigenvalue weighted by molar-refractivity contribution is 5.66. The van der Waals surface area contributed by atoms with Crippen molar-refractivity contribution < 1.29 is 20.1 Å². The van der Waals surface area contributed by atoms with Gasteiger partial charge in [-0.15, -0.1) is 0 Å². The smallest absolute Gasteiger partial charge is 0.303 e. The van der Waals surface area contributed by atoms with Crippen LogP contribution in [-0.2, 0) is 4.79 Å². The number of hydrogen-bond donors (Lipinski definition) is 3. The van der Waals surface area contributed by atoms with Crippen molar-refractivity contribution in [3.05, 3.63) is 12.2 Å². The van der Waals surface area contributed by atoms with E-state index in [0.717, 1.165) is 24.8 Å². The Labute approximate surface area is 126 Å². The van der Waals surface area contributed by atoms with Crippen molar-refractivity contribution >= 4 is 5.97 Å². The normalized spacial score (nSPS) is 43.4. The van der Waals surface area contributed by atoms with E-state index in [-0.39, 0.29) is 30.3 Å². The molecule has 0 amide bonds. The largest absolute Gasteiger partial charge is 0.481 e. The number of aliphatic hydroxyl groups excluding tert-OH is 2. The van der Waals surface area contributed by atoms with Gasteiger partial charge in [-0.3, -0.25) is 4.79 Å². The van der Waals surface area contributed by atoms with Gasteiger partial charge < -0.3 is 15.3 Å². The molecule has 0 aromatic heterocycles. The third-order valence-corrected chi connectivity index (χ3v) is 6.34. The minimum Gasteiger partial charge on any atom is -0.481 e. The van der Waals surface area contributed by atoms with Crippen LogP contribution in [0.1, 0.15) is 52.4 Å². The number of rotatable bonds is 4. The highest BCUT2D eigenvalue weighted by atomic mass is 16.4. The SMILES string of the molecule is C=C1CC[C@@H]2[C@](C)(CO)[C@H](O)CC[C@@]2(C)[C@@H]1CCC(=O)O. The third kappa shape index (κ3) is 2.64. The highest BCUT2D eigenvalue weighted by Crippen LogP contribution is 2.61. The lowest BCUT2D eigenvalue weighted by Crippen LogP contribution is -2.57. The summed E-state index contributed by atoms with van der Waals surface area (Å²) in [6, 6.07) is 0. The minimum absolute atomic E-state index is 0.0213. The topological polar surface area (TPSA) is 77.8 Å². The summed E-state index contributed by atoms with van der Waals surface area (Å²) in [5, 5.41) is 29.2. The molecule has 0 saturated heterocycles. The number of allylic oxidation sites excluding steroid dienone is 1. The van der Waals surface area contributed by atoms with Crippen molar-refractivity contribution in [2.45, 2.75) is 58.5 Å². The summed E-state index contributed by atoms with van der Waals surface area (Å²) in [6.07, 6.45) is 3.62. The number of hydrogen-bond acceptors (Lipinski definition) is 3. The predicted octanol–water partition coefficient (Wildman–Crippen LogP) is 2.59. The van der Waals surface area contributed by atoms with E-state index in [2.05, 4.69) is 13.5 Å². The Balaban J connectivity index is 2.31. The molecule has 0 radical (unpaired) electrons. The standard InChI is InChI=1S/C17H28O4/c1-11-4-6-13-16(2,12(11)5-7-15(20)21)9-8-14(19)17(13,3)10-18/h12-14,18-19H,1,4-10H2,2-3H3,(H,20,21)/t12-,13+,14-,16+,17+/m1/s1. The third-order valence-electron chi connectivity index (χ3n) is 6.34. The molecule has 0 bridgehead atoms. The number of aliphatic hydroxyl groups is 2. The fraction of sp³-hybridized carbons (Fsp3) is 0.824. The zero-order chi connectivity index (χ0) is 15.8. The van der Waals surface area contributed by atoms with Gasteiger partial charge >= 0.3 is 5.97 Å². The van der Waals surface area contributed by atoms with Crippen LogP contribution in [0.3, 0.4) is 0 Å². The molecule has 0 heterocycles. The molecule has 0 aliphatic heterocycles. The van der Waals surface area contributed by atoms with Gasteiger partial charge in [-0.05, 0) is 49.4 Å². The fourth-order valence-electron chi connectivity index (χ4n) is 5.00. The maximum Gasteiger partial charge on any atom is 0.303 e. The van der Waals surface area contributed by atoms with Gasteiger partial charge in [0.2, 0.25) is 0 Å². The van der Waals surface area contributed by atoms with Gasteiger partial charge in [0.15, 0.2) is 0 Å². The van der Waals surface area contributed by atoms with E-state index < -0.39 is 17.5 Å². The van der Waals surface area contributed by atoms with Gasteiger partial charge in [-0.2, -0.15) is 0 Å². The van der Waals surface area contributed by atoms with Crippen LogP contribution in [-0.4, -0.2) is 34.0 Å². The molecule has 0 aromatic rings. The van der Waals surface area contributed by atoms with Crippen LogP contribution in [0.2, 0.25) is 0 Å². The van der Waals surface area contributed by atoms with E-state index in [0.29, 0.717) is 12.8 Å². The average Bonchev–Trinajstić information content (AvgIpc) is 2.42. The number of aliphatic carboxylic acids is 1.